The molecule has 0 aliphatic carbocycles. The molecule has 1 aliphatic heterocycles. The van der Waals surface area contributed by atoms with Crippen LogP contribution in [0, 0.1) is 6.92 Å². The van der Waals surface area contributed by atoms with Crippen LogP contribution in [-0.2, 0) is 11.2 Å². The smallest absolute Gasteiger partial charge is 0.148 e. The summed E-state index contributed by atoms with van der Waals surface area (Å²) in [6, 6.07) is 0. The summed E-state index contributed by atoms with van der Waals surface area (Å²) in [4.78, 5) is 8.67. The third-order valence-corrected chi connectivity index (χ3v) is 3.09. The summed E-state index contributed by atoms with van der Waals surface area (Å²) >= 11 is 6.08. The molecule has 2 heterocycles. The lowest BCUT2D eigenvalue weighted by Crippen LogP contribution is -2.40. The highest BCUT2D eigenvalue weighted by atomic mass is 35.5. The third-order valence-electron chi connectivity index (χ3n) is 2.72. The zero-order valence-electron chi connectivity index (χ0n) is 10.2. The monoisotopic (exact) mass is 256 g/mol. The van der Waals surface area contributed by atoms with Gasteiger partial charge in [-0.3, -0.25) is 0 Å². The van der Waals surface area contributed by atoms with Crippen molar-refractivity contribution in [3.05, 3.63) is 16.5 Å². The SMILES string of the molecule is CCc1nc(Cl)c(C)c(NN2CCOCC2)n1. The van der Waals surface area contributed by atoms with Gasteiger partial charge in [-0.2, -0.15) is 0 Å². The molecule has 94 valence electrons. The number of hydrogen-bond acceptors (Lipinski definition) is 5. The first kappa shape index (κ1) is 12.5. The molecule has 6 heteroatoms. The minimum Gasteiger partial charge on any atom is -0.379 e. The second kappa shape index (κ2) is 5.62. The van der Waals surface area contributed by atoms with Crippen LogP contribution in [-0.4, -0.2) is 41.3 Å². The number of ether oxygens (including phenoxy) is 1. The number of hydrogen-bond donors (Lipinski definition) is 1. The van der Waals surface area contributed by atoms with Crippen LogP contribution in [0.4, 0.5) is 5.82 Å². The van der Waals surface area contributed by atoms with Gasteiger partial charge in [-0.05, 0) is 6.92 Å². The van der Waals surface area contributed by atoms with Crippen molar-refractivity contribution in [2.24, 2.45) is 0 Å². The molecule has 17 heavy (non-hydrogen) atoms. The Balaban J connectivity index is 2.15. The van der Waals surface area contributed by atoms with Gasteiger partial charge in [-0.25, -0.2) is 15.0 Å². The number of hydrazine groups is 1. The normalized spacial score (nSPS) is 17.1. The van der Waals surface area contributed by atoms with Gasteiger partial charge in [0.15, 0.2) is 0 Å². The zero-order valence-corrected chi connectivity index (χ0v) is 10.9. The Labute approximate surface area is 106 Å². The van der Waals surface area contributed by atoms with Gasteiger partial charge in [0.05, 0.1) is 13.2 Å². The Bertz CT molecular complexity index is 393. The van der Waals surface area contributed by atoms with Crippen molar-refractivity contribution in [3.8, 4) is 0 Å². The summed E-state index contributed by atoms with van der Waals surface area (Å²) in [5.74, 6) is 1.56. The maximum absolute atomic E-state index is 6.08. The molecule has 0 unspecified atom stereocenters. The van der Waals surface area contributed by atoms with E-state index in [0.29, 0.717) is 5.15 Å². The summed E-state index contributed by atoms with van der Waals surface area (Å²) in [5, 5.41) is 2.61. The van der Waals surface area contributed by atoms with Gasteiger partial charge in [-0.1, -0.05) is 18.5 Å². The van der Waals surface area contributed by atoms with Crippen molar-refractivity contribution >= 4 is 17.4 Å². The van der Waals surface area contributed by atoms with Crippen LogP contribution < -0.4 is 5.43 Å². The molecule has 5 nitrogen and oxygen atoms in total. The quantitative estimate of drug-likeness (QED) is 0.834. The molecule has 0 radical (unpaired) electrons. The molecule has 2 rings (SSSR count). The highest BCUT2D eigenvalue weighted by Crippen LogP contribution is 2.20. The van der Waals surface area contributed by atoms with E-state index in [1.807, 2.05) is 13.8 Å². The maximum Gasteiger partial charge on any atom is 0.148 e. The van der Waals surface area contributed by atoms with Gasteiger partial charge in [0.2, 0.25) is 0 Å². The third kappa shape index (κ3) is 3.06. The highest BCUT2D eigenvalue weighted by molar-refractivity contribution is 6.30. The molecular weight excluding hydrogens is 240 g/mol. The first-order valence-corrected chi connectivity index (χ1v) is 6.21. The molecule has 0 bridgehead atoms. The van der Waals surface area contributed by atoms with E-state index in [1.165, 1.54) is 0 Å². The fourth-order valence-corrected chi connectivity index (χ4v) is 1.81. The van der Waals surface area contributed by atoms with Gasteiger partial charge in [0, 0.05) is 25.1 Å². The first-order valence-electron chi connectivity index (χ1n) is 5.83. The van der Waals surface area contributed by atoms with E-state index in [0.717, 1.165) is 49.9 Å². The van der Waals surface area contributed by atoms with E-state index >= 15 is 0 Å². The van der Waals surface area contributed by atoms with Crippen molar-refractivity contribution in [1.29, 1.82) is 0 Å². The molecule has 1 aromatic heterocycles. The van der Waals surface area contributed by atoms with Gasteiger partial charge < -0.3 is 10.2 Å². The van der Waals surface area contributed by atoms with Gasteiger partial charge in [0.25, 0.3) is 0 Å². The van der Waals surface area contributed by atoms with Crippen LogP contribution in [0.3, 0.4) is 0 Å². The van der Waals surface area contributed by atoms with Gasteiger partial charge in [-0.15, -0.1) is 0 Å². The van der Waals surface area contributed by atoms with E-state index in [2.05, 4.69) is 20.4 Å². The number of aryl methyl sites for hydroxylation is 1. The fourth-order valence-electron chi connectivity index (χ4n) is 1.62. The lowest BCUT2D eigenvalue weighted by molar-refractivity contribution is 0.0494. The average Bonchev–Trinajstić information content (AvgIpc) is 2.36. The number of halogens is 1. The van der Waals surface area contributed by atoms with Crippen LogP contribution >= 0.6 is 11.6 Å². The molecular formula is C11H17ClN4O. The Morgan fingerprint density at radius 2 is 2.06 bits per heavy atom. The largest absolute Gasteiger partial charge is 0.379 e. The topological polar surface area (TPSA) is 50.3 Å². The first-order chi connectivity index (χ1) is 8.20. The maximum atomic E-state index is 6.08. The van der Waals surface area contributed by atoms with Crippen molar-refractivity contribution in [3.63, 3.8) is 0 Å². The Hall–Kier alpha value is -0.910. The predicted octanol–water partition coefficient (Wildman–Crippen LogP) is 1.66. The predicted molar refractivity (Wildman–Crippen MR) is 67.2 cm³/mol. The van der Waals surface area contributed by atoms with E-state index in [-0.39, 0.29) is 0 Å². The fraction of sp³-hybridized carbons (Fsp3) is 0.636. The van der Waals surface area contributed by atoms with Crippen LogP contribution in [0.5, 0.6) is 0 Å². The molecule has 0 atom stereocenters. The second-order valence-electron chi connectivity index (χ2n) is 3.97. The van der Waals surface area contributed by atoms with Crippen molar-refractivity contribution in [1.82, 2.24) is 15.0 Å². The second-order valence-corrected chi connectivity index (χ2v) is 4.33. The molecule has 0 spiro atoms. The summed E-state index contributed by atoms with van der Waals surface area (Å²) < 4.78 is 5.30. The number of nitrogens with one attached hydrogen (secondary N) is 1. The van der Waals surface area contributed by atoms with E-state index in [1.54, 1.807) is 0 Å². The lowest BCUT2D eigenvalue weighted by atomic mass is 10.3. The van der Waals surface area contributed by atoms with Gasteiger partial charge in [0.1, 0.15) is 16.8 Å². The number of rotatable bonds is 3. The summed E-state index contributed by atoms with van der Waals surface area (Å²) in [6.45, 7) is 7.12. The standard InChI is InChI=1S/C11H17ClN4O/c1-3-9-13-10(12)8(2)11(14-9)15-16-4-6-17-7-5-16/h3-7H2,1-2H3,(H,13,14,15). The summed E-state index contributed by atoms with van der Waals surface area (Å²) in [5.41, 5.74) is 4.17. The number of aromatic nitrogens is 2. The number of nitrogens with zero attached hydrogens (tertiary/aromatic N) is 3. The van der Waals surface area contributed by atoms with Crippen molar-refractivity contribution in [2.45, 2.75) is 20.3 Å². The number of morpholine rings is 1. The minimum atomic E-state index is 0.521. The van der Waals surface area contributed by atoms with Crippen LogP contribution in [0.25, 0.3) is 0 Å². The molecule has 0 amide bonds. The summed E-state index contributed by atoms with van der Waals surface area (Å²) in [7, 11) is 0. The average molecular weight is 257 g/mol. The van der Waals surface area contributed by atoms with E-state index in [4.69, 9.17) is 16.3 Å². The molecule has 1 aliphatic rings. The molecule has 0 saturated carbocycles. The van der Waals surface area contributed by atoms with Crippen LogP contribution in [0.2, 0.25) is 5.15 Å². The molecule has 1 saturated heterocycles. The van der Waals surface area contributed by atoms with Crippen molar-refractivity contribution < 1.29 is 4.74 Å². The number of anilines is 1. The Morgan fingerprint density at radius 1 is 1.35 bits per heavy atom. The molecule has 1 fully saturated rings. The Kier molecular flexibility index (Phi) is 4.15. The minimum absolute atomic E-state index is 0.521. The molecule has 1 N–H and O–H groups in total. The highest BCUT2D eigenvalue weighted by Gasteiger charge is 2.14. The van der Waals surface area contributed by atoms with E-state index in [9.17, 15) is 0 Å². The lowest BCUT2D eigenvalue weighted by Gasteiger charge is -2.28. The van der Waals surface area contributed by atoms with Crippen molar-refractivity contribution in [2.75, 3.05) is 31.7 Å². The molecule has 1 aromatic rings. The Morgan fingerprint density at radius 3 is 2.71 bits per heavy atom. The van der Waals surface area contributed by atoms with Gasteiger partial charge >= 0.3 is 0 Å². The zero-order chi connectivity index (χ0) is 12.3. The summed E-state index contributed by atoms with van der Waals surface area (Å²) in [6.07, 6.45) is 0.776. The molecule has 0 aromatic carbocycles. The van der Waals surface area contributed by atoms with Crippen LogP contribution in [0.15, 0.2) is 0 Å². The van der Waals surface area contributed by atoms with E-state index < -0.39 is 0 Å². The van der Waals surface area contributed by atoms with Crippen LogP contribution in [0.1, 0.15) is 18.3 Å².